The molecule has 2 heteroatoms. The number of alkyl halides is 1. The molecule has 0 bridgehead atoms. The minimum atomic E-state index is 0.420. The topological polar surface area (TPSA) is 9.23 Å². The molecule has 0 N–H and O–H groups in total. The highest BCUT2D eigenvalue weighted by Crippen LogP contribution is 2.32. The molecule has 1 fully saturated rings. The molecule has 0 amide bonds. The number of rotatable bonds is 3. The van der Waals surface area contributed by atoms with Crippen molar-refractivity contribution >= 4 is 26.7 Å². The Labute approximate surface area is 116 Å². The highest BCUT2D eigenvalue weighted by atomic mass is 79.9. The Bertz CT molecular complexity index is 544. The lowest BCUT2D eigenvalue weighted by atomic mass is 10.0. The zero-order valence-corrected chi connectivity index (χ0v) is 11.9. The molecule has 1 aliphatic carbocycles. The van der Waals surface area contributed by atoms with Crippen molar-refractivity contribution in [2.24, 2.45) is 0 Å². The van der Waals surface area contributed by atoms with Gasteiger partial charge in [-0.15, -0.1) is 0 Å². The maximum absolute atomic E-state index is 6.18. The fraction of sp³-hybridized carbons (Fsp3) is 0.375. The Morgan fingerprint density at radius 3 is 2.61 bits per heavy atom. The van der Waals surface area contributed by atoms with E-state index in [-0.39, 0.29) is 0 Å². The first kappa shape index (κ1) is 12.0. The molecular formula is C16H17BrO. The lowest BCUT2D eigenvalue weighted by Crippen LogP contribution is -2.12. The van der Waals surface area contributed by atoms with Gasteiger partial charge in [0.05, 0.1) is 6.10 Å². The van der Waals surface area contributed by atoms with Gasteiger partial charge < -0.3 is 4.74 Å². The predicted octanol–water partition coefficient (Wildman–Crippen LogP) is 5.06. The summed E-state index contributed by atoms with van der Waals surface area (Å²) in [6.07, 6.45) is 5.44. The second kappa shape index (κ2) is 5.31. The van der Waals surface area contributed by atoms with E-state index in [1.165, 1.54) is 42.0 Å². The van der Waals surface area contributed by atoms with Crippen LogP contribution in [0.1, 0.15) is 31.2 Å². The van der Waals surface area contributed by atoms with Crippen LogP contribution in [0.5, 0.6) is 5.75 Å². The first-order chi connectivity index (χ1) is 8.88. The molecule has 0 saturated heterocycles. The van der Waals surface area contributed by atoms with Gasteiger partial charge in [-0.3, -0.25) is 0 Å². The number of ether oxygens (including phenoxy) is 1. The van der Waals surface area contributed by atoms with E-state index in [9.17, 15) is 0 Å². The normalized spacial score (nSPS) is 16.3. The molecule has 0 unspecified atom stereocenters. The van der Waals surface area contributed by atoms with E-state index in [1.807, 2.05) is 0 Å². The fourth-order valence-corrected chi connectivity index (χ4v) is 3.33. The highest BCUT2D eigenvalue weighted by Gasteiger charge is 2.18. The summed E-state index contributed by atoms with van der Waals surface area (Å²) in [6.45, 7) is 0. The van der Waals surface area contributed by atoms with Crippen LogP contribution in [0.2, 0.25) is 0 Å². The minimum absolute atomic E-state index is 0.420. The molecule has 3 rings (SSSR count). The summed E-state index contributed by atoms with van der Waals surface area (Å²) >= 11 is 3.60. The molecule has 2 aromatic rings. The quantitative estimate of drug-likeness (QED) is 0.721. The van der Waals surface area contributed by atoms with E-state index in [1.54, 1.807) is 0 Å². The van der Waals surface area contributed by atoms with Crippen LogP contribution < -0.4 is 4.74 Å². The van der Waals surface area contributed by atoms with Crippen LogP contribution >= 0.6 is 15.9 Å². The highest BCUT2D eigenvalue weighted by molar-refractivity contribution is 9.08. The van der Waals surface area contributed by atoms with Crippen molar-refractivity contribution in [3.63, 3.8) is 0 Å². The molecule has 0 heterocycles. The smallest absolute Gasteiger partial charge is 0.124 e. The first-order valence-corrected chi connectivity index (χ1v) is 7.74. The molecule has 0 radical (unpaired) electrons. The zero-order valence-electron chi connectivity index (χ0n) is 10.4. The monoisotopic (exact) mass is 304 g/mol. The Morgan fingerprint density at radius 2 is 1.83 bits per heavy atom. The average Bonchev–Trinajstić information content (AvgIpc) is 2.91. The third-order valence-corrected chi connectivity index (χ3v) is 4.29. The molecular weight excluding hydrogens is 288 g/mol. The number of hydrogen-bond donors (Lipinski definition) is 0. The van der Waals surface area contributed by atoms with E-state index in [0.29, 0.717) is 6.10 Å². The van der Waals surface area contributed by atoms with E-state index < -0.39 is 0 Å². The standard InChI is InChI=1S/C16H17BrO/c17-11-15-14-8-4-1-5-12(14)9-10-16(15)18-13-6-2-3-7-13/h1,4-5,8-10,13H,2-3,6-7,11H2. The van der Waals surface area contributed by atoms with Crippen LogP contribution in [-0.4, -0.2) is 6.10 Å². The van der Waals surface area contributed by atoms with Gasteiger partial charge in [-0.2, -0.15) is 0 Å². The van der Waals surface area contributed by atoms with Crippen LogP contribution in [0.3, 0.4) is 0 Å². The van der Waals surface area contributed by atoms with E-state index in [2.05, 4.69) is 52.3 Å². The van der Waals surface area contributed by atoms with E-state index in [0.717, 1.165) is 11.1 Å². The van der Waals surface area contributed by atoms with Gasteiger partial charge in [0.2, 0.25) is 0 Å². The van der Waals surface area contributed by atoms with Crippen molar-refractivity contribution < 1.29 is 4.74 Å². The Hall–Kier alpha value is -1.02. The molecule has 0 aromatic heterocycles. The Kier molecular flexibility index (Phi) is 3.55. The van der Waals surface area contributed by atoms with Crippen molar-refractivity contribution in [2.45, 2.75) is 37.1 Å². The molecule has 1 aliphatic rings. The van der Waals surface area contributed by atoms with Crippen molar-refractivity contribution in [3.8, 4) is 5.75 Å². The molecule has 1 saturated carbocycles. The Balaban J connectivity index is 2.00. The molecule has 94 valence electrons. The van der Waals surface area contributed by atoms with Gasteiger partial charge in [0, 0.05) is 10.9 Å². The summed E-state index contributed by atoms with van der Waals surface area (Å²) < 4.78 is 6.18. The minimum Gasteiger partial charge on any atom is -0.490 e. The summed E-state index contributed by atoms with van der Waals surface area (Å²) in [5.74, 6) is 1.05. The van der Waals surface area contributed by atoms with Gasteiger partial charge in [0.1, 0.15) is 5.75 Å². The molecule has 0 atom stereocenters. The van der Waals surface area contributed by atoms with Gasteiger partial charge in [-0.05, 0) is 42.5 Å². The third kappa shape index (κ3) is 2.26. The number of benzene rings is 2. The second-order valence-electron chi connectivity index (χ2n) is 4.92. The van der Waals surface area contributed by atoms with E-state index in [4.69, 9.17) is 4.74 Å². The van der Waals surface area contributed by atoms with E-state index >= 15 is 0 Å². The SMILES string of the molecule is BrCc1c(OC2CCCC2)ccc2ccccc12. The van der Waals surface area contributed by atoms with Crippen LogP contribution in [0, 0.1) is 0 Å². The lowest BCUT2D eigenvalue weighted by Gasteiger charge is -2.17. The third-order valence-electron chi connectivity index (χ3n) is 3.73. The molecule has 1 nitrogen and oxygen atoms in total. The number of fused-ring (bicyclic) bond motifs is 1. The van der Waals surface area contributed by atoms with Gasteiger partial charge in [0.25, 0.3) is 0 Å². The van der Waals surface area contributed by atoms with Crippen LogP contribution in [0.15, 0.2) is 36.4 Å². The summed E-state index contributed by atoms with van der Waals surface area (Å²) in [7, 11) is 0. The van der Waals surface area contributed by atoms with Gasteiger partial charge in [-0.25, -0.2) is 0 Å². The number of hydrogen-bond acceptors (Lipinski definition) is 1. The fourth-order valence-electron chi connectivity index (χ4n) is 2.75. The summed E-state index contributed by atoms with van der Waals surface area (Å²) in [4.78, 5) is 0. The summed E-state index contributed by atoms with van der Waals surface area (Å²) in [5.41, 5.74) is 1.28. The molecule has 18 heavy (non-hydrogen) atoms. The molecule has 0 aliphatic heterocycles. The predicted molar refractivity (Wildman–Crippen MR) is 79.5 cm³/mol. The van der Waals surface area contributed by atoms with Crippen molar-refractivity contribution in [1.82, 2.24) is 0 Å². The first-order valence-electron chi connectivity index (χ1n) is 6.62. The second-order valence-corrected chi connectivity index (χ2v) is 5.48. The van der Waals surface area contributed by atoms with Crippen molar-refractivity contribution in [3.05, 3.63) is 42.0 Å². The van der Waals surface area contributed by atoms with Crippen LogP contribution in [0.4, 0.5) is 0 Å². The zero-order chi connectivity index (χ0) is 12.4. The maximum atomic E-state index is 6.18. The summed E-state index contributed by atoms with van der Waals surface area (Å²) in [6, 6.07) is 12.8. The van der Waals surface area contributed by atoms with Crippen molar-refractivity contribution in [2.75, 3.05) is 0 Å². The van der Waals surface area contributed by atoms with Gasteiger partial charge >= 0.3 is 0 Å². The average molecular weight is 305 g/mol. The molecule has 2 aromatic carbocycles. The maximum Gasteiger partial charge on any atom is 0.124 e. The van der Waals surface area contributed by atoms with Gasteiger partial charge in [0.15, 0.2) is 0 Å². The van der Waals surface area contributed by atoms with Crippen molar-refractivity contribution in [1.29, 1.82) is 0 Å². The largest absolute Gasteiger partial charge is 0.490 e. The Morgan fingerprint density at radius 1 is 1.06 bits per heavy atom. The van der Waals surface area contributed by atoms with Gasteiger partial charge in [-0.1, -0.05) is 46.3 Å². The lowest BCUT2D eigenvalue weighted by molar-refractivity contribution is 0.209. The van der Waals surface area contributed by atoms with Crippen LogP contribution in [0.25, 0.3) is 10.8 Å². The van der Waals surface area contributed by atoms with Crippen LogP contribution in [-0.2, 0) is 5.33 Å². The summed E-state index contributed by atoms with van der Waals surface area (Å²) in [5, 5.41) is 3.42. The molecule has 0 spiro atoms. The number of halogens is 1.